The van der Waals surface area contributed by atoms with E-state index in [9.17, 15) is 12.8 Å². The number of nitrogens with one attached hydrogen (secondary N) is 1. The van der Waals surface area contributed by atoms with E-state index in [0.29, 0.717) is 5.69 Å². The molecule has 1 heterocycles. The van der Waals surface area contributed by atoms with Gasteiger partial charge >= 0.3 is 0 Å². The van der Waals surface area contributed by atoms with E-state index in [0.717, 1.165) is 11.1 Å². The zero-order valence-electron chi connectivity index (χ0n) is 18.6. The number of nitrogens with two attached hydrogens (primary N) is 1. The summed E-state index contributed by atoms with van der Waals surface area (Å²) >= 11 is 0. The number of aromatic nitrogens is 2. The summed E-state index contributed by atoms with van der Waals surface area (Å²) in [6, 6.07) is 21.1. The van der Waals surface area contributed by atoms with Crippen molar-refractivity contribution >= 4 is 21.7 Å². The van der Waals surface area contributed by atoms with Crippen LogP contribution in [0.4, 0.5) is 16.0 Å². The Morgan fingerprint density at radius 1 is 0.941 bits per heavy atom. The Hall–Kier alpha value is -3.98. The molecule has 3 N–H and O–H groups in total. The van der Waals surface area contributed by atoms with Crippen LogP contribution in [0.3, 0.4) is 0 Å². The first-order valence-electron chi connectivity index (χ1n) is 10.5. The Bertz CT molecular complexity index is 1440. The van der Waals surface area contributed by atoms with Gasteiger partial charge < -0.3 is 10.5 Å². The van der Waals surface area contributed by atoms with Gasteiger partial charge in [0.1, 0.15) is 4.90 Å². The molecule has 0 aliphatic rings. The zero-order chi connectivity index (χ0) is 24.3. The predicted molar refractivity (Wildman–Crippen MR) is 130 cm³/mol. The average Bonchev–Trinajstić information content (AvgIpc) is 2.80. The maximum atomic E-state index is 14.2. The fourth-order valence-electron chi connectivity index (χ4n) is 3.44. The number of benzene rings is 3. The van der Waals surface area contributed by atoms with Gasteiger partial charge in [-0.1, -0.05) is 62.4 Å². The molecule has 174 valence electrons. The number of hydrogen-bond acceptors (Lipinski definition) is 6. The smallest absolute Gasteiger partial charge is 0.266 e. The lowest BCUT2D eigenvalue weighted by Crippen LogP contribution is -2.17. The average molecular weight is 479 g/mol. The number of halogens is 1. The first kappa shape index (κ1) is 23.2. The summed E-state index contributed by atoms with van der Waals surface area (Å²) in [6.07, 6.45) is 0. The van der Waals surface area contributed by atoms with Crippen molar-refractivity contribution in [2.24, 2.45) is 0 Å². The maximum absolute atomic E-state index is 14.2. The number of para-hydroxylation sites is 2. The van der Waals surface area contributed by atoms with E-state index in [1.165, 1.54) is 30.3 Å². The number of sulfonamides is 1. The Balaban J connectivity index is 1.82. The zero-order valence-corrected chi connectivity index (χ0v) is 19.4. The van der Waals surface area contributed by atoms with Crippen LogP contribution in [0.1, 0.15) is 25.3 Å². The number of nitrogen functional groups attached to an aromatic ring is 1. The third kappa shape index (κ3) is 4.99. The molecule has 0 aliphatic heterocycles. The van der Waals surface area contributed by atoms with Gasteiger partial charge in [-0.3, -0.25) is 0 Å². The molecule has 9 heteroatoms. The van der Waals surface area contributed by atoms with E-state index < -0.39 is 15.8 Å². The fourth-order valence-corrected chi connectivity index (χ4v) is 4.51. The highest BCUT2D eigenvalue weighted by Gasteiger charge is 2.21. The van der Waals surface area contributed by atoms with E-state index in [1.807, 2.05) is 38.1 Å². The molecular weight excluding hydrogens is 455 g/mol. The molecule has 0 radical (unpaired) electrons. The SMILES string of the molecule is CC(C)c1ccccc1-c1cc(Oc2ccccc2F)nc(NS(=O)(=O)c2ccccc2N)n1. The molecule has 0 atom stereocenters. The minimum absolute atomic E-state index is 0.0209. The molecule has 0 saturated heterocycles. The molecule has 0 aliphatic carbocycles. The van der Waals surface area contributed by atoms with E-state index in [-0.39, 0.29) is 34.1 Å². The first-order chi connectivity index (χ1) is 16.2. The summed E-state index contributed by atoms with van der Waals surface area (Å²) < 4.78 is 48.2. The van der Waals surface area contributed by atoms with Gasteiger partial charge in [-0.05, 0) is 35.7 Å². The second-order valence-electron chi connectivity index (χ2n) is 7.83. The minimum atomic E-state index is -4.10. The molecule has 0 spiro atoms. The number of rotatable bonds is 7. The summed E-state index contributed by atoms with van der Waals surface area (Å²) in [5, 5.41) is 0. The summed E-state index contributed by atoms with van der Waals surface area (Å²) in [7, 11) is -4.10. The van der Waals surface area contributed by atoms with Crippen LogP contribution in [-0.4, -0.2) is 18.4 Å². The first-order valence-corrected chi connectivity index (χ1v) is 12.0. The van der Waals surface area contributed by atoms with Crippen LogP contribution in [-0.2, 0) is 10.0 Å². The van der Waals surface area contributed by atoms with E-state index in [4.69, 9.17) is 10.5 Å². The molecule has 4 aromatic rings. The number of nitrogens with zero attached hydrogens (tertiary/aromatic N) is 2. The van der Waals surface area contributed by atoms with Crippen molar-refractivity contribution in [3.63, 3.8) is 0 Å². The van der Waals surface area contributed by atoms with Crippen LogP contribution < -0.4 is 15.2 Å². The standard InChI is InChI=1S/C25H23FN4O3S/c1-16(2)17-9-3-4-10-18(17)21-15-24(33-22-13-7-5-11-19(22)26)29-25(28-21)30-34(31,32)23-14-8-6-12-20(23)27/h3-16H,27H2,1-2H3,(H,28,29,30). The molecular formula is C25H23FN4O3S. The summed E-state index contributed by atoms with van der Waals surface area (Å²) in [6.45, 7) is 4.08. The topological polar surface area (TPSA) is 107 Å². The predicted octanol–water partition coefficient (Wildman–Crippen LogP) is 5.58. The third-order valence-electron chi connectivity index (χ3n) is 5.05. The van der Waals surface area contributed by atoms with Gasteiger partial charge in [0.2, 0.25) is 11.8 Å². The van der Waals surface area contributed by atoms with Crippen molar-refractivity contribution in [1.82, 2.24) is 9.97 Å². The molecule has 34 heavy (non-hydrogen) atoms. The van der Waals surface area contributed by atoms with Crippen molar-refractivity contribution in [3.05, 3.63) is 90.2 Å². The monoisotopic (exact) mass is 478 g/mol. The van der Waals surface area contributed by atoms with E-state index >= 15 is 0 Å². The molecule has 4 rings (SSSR count). The minimum Gasteiger partial charge on any atom is -0.436 e. The van der Waals surface area contributed by atoms with E-state index in [2.05, 4.69) is 14.7 Å². The lowest BCUT2D eigenvalue weighted by Gasteiger charge is -2.15. The Labute approximate surface area is 197 Å². The van der Waals surface area contributed by atoms with Gasteiger partial charge in [-0.2, -0.15) is 4.98 Å². The maximum Gasteiger partial charge on any atom is 0.266 e. The van der Waals surface area contributed by atoms with Gasteiger partial charge in [-0.15, -0.1) is 0 Å². The largest absolute Gasteiger partial charge is 0.436 e. The normalized spacial score (nSPS) is 11.4. The Morgan fingerprint density at radius 2 is 1.62 bits per heavy atom. The molecule has 7 nitrogen and oxygen atoms in total. The van der Waals surface area contributed by atoms with Gasteiger partial charge in [0.15, 0.2) is 11.6 Å². The molecule has 0 amide bonds. The second kappa shape index (κ2) is 9.48. The van der Waals surface area contributed by atoms with Crippen LogP contribution in [0, 0.1) is 5.82 Å². The quantitative estimate of drug-likeness (QED) is 0.336. The van der Waals surface area contributed by atoms with Crippen molar-refractivity contribution in [2.45, 2.75) is 24.7 Å². The number of anilines is 2. The third-order valence-corrected chi connectivity index (χ3v) is 6.45. The van der Waals surface area contributed by atoms with Gasteiger partial charge in [0.05, 0.1) is 11.4 Å². The summed E-state index contributed by atoms with van der Waals surface area (Å²) in [5.41, 5.74) is 8.14. The highest BCUT2D eigenvalue weighted by molar-refractivity contribution is 7.92. The lowest BCUT2D eigenvalue weighted by molar-refractivity contribution is 0.427. The van der Waals surface area contributed by atoms with Crippen molar-refractivity contribution in [2.75, 3.05) is 10.5 Å². The molecule has 0 saturated carbocycles. The van der Waals surface area contributed by atoms with Crippen LogP contribution in [0.5, 0.6) is 11.6 Å². The molecule has 0 fully saturated rings. The number of hydrogen-bond donors (Lipinski definition) is 2. The summed E-state index contributed by atoms with van der Waals surface area (Å²) in [5.74, 6) is -0.709. The number of ether oxygens (including phenoxy) is 1. The van der Waals surface area contributed by atoms with Crippen LogP contribution in [0.25, 0.3) is 11.3 Å². The molecule has 0 unspecified atom stereocenters. The molecule has 3 aromatic carbocycles. The van der Waals surface area contributed by atoms with Gasteiger partial charge in [-0.25, -0.2) is 22.5 Å². The Kier molecular flexibility index (Phi) is 6.47. The summed E-state index contributed by atoms with van der Waals surface area (Å²) in [4.78, 5) is 8.51. The van der Waals surface area contributed by atoms with Crippen LogP contribution in [0.15, 0.2) is 83.8 Å². The van der Waals surface area contributed by atoms with Crippen LogP contribution >= 0.6 is 0 Å². The highest BCUT2D eigenvalue weighted by Crippen LogP contribution is 2.32. The van der Waals surface area contributed by atoms with Crippen LogP contribution in [0.2, 0.25) is 0 Å². The highest BCUT2D eigenvalue weighted by atomic mass is 32.2. The van der Waals surface area contributed by atoms with Crippen molar-refractivity contribution in [1.29, 1.82) is 0 Å². The van der Waals surface area contributed by atoms with Crippen molar-refractivity contribution < 1.29 is 17.5 Å². The van der Waals surface area contributed by atoms with Gasteiger partial charge in [0, 0.05) is 11.6 Å². The fraction of sp³-hybridized carbons (Fsp3) is 0.120. The van der Waals surface area contributed by atoms with E-state index in [1.54, 1.807) is 24.3 Å². The van der Waals surface area contributed by atoms with Gasteiger partial charge in [0.25, 0.3) is 10.0 Å². The van der Waals surface area contributed by atoms with Crippen molar-refractivity contribution in [3.8, 4) is 22.9 Å². The lowest BCUT2D eigenvalue weighted by atomic mass is 9.95. The molecule has 1 aromatic heterocycles. The Morgan fingerprint density at radius 3 is 2.35 bits per heavy atom. The molecule has 0 bridgehead atoms. The second-order valence-corrected chi connectivity index (χ2v) is 9.48.